The number of carbonyl (C=O) groups is 5. The minimum Gasteiger partial charge on any atom is -0.463 e. The molecule has 0 amide bonds. The highest BCUT2D eigenvalue weighted by atomic mass is 16.7. The Hall–Kier alpha value is -2.73. The summed E-state index contributed by atoms with van der Waals surface area (Å²) in [5.74, 6) is -3.27. The summed E-state index contributed by atoms with van der Waals surface area (Å²) in [5, 5.41) is 10.7. The van der Waals surface area contributed by atoms with Crippen molar-refractivity contribution in [3.63, 3.8) is 0 Å². The van der Waals surface area contributed by atoms with Gasteiger partial charge in [0.05, 0.1) is 6.10 Å². The molecule has 0 bridgehead atoms. The smallest absolute Gasteiger partial charge is 0.305 e. The molecular weight excluding hydrogens is 564 g/mol. The largest absolute Gasteiger partial charge is 0.463 e. The van der Waals surface area contributed by atoms with Gasteiger partial charge in [-0.1, -0.05) is 71.1 Å². The number of ether oxygens (including phenoxy) is 6. The van der Waals surface area contributed by atoms with E-state index in [1.165, 1.54) is 51.9 Å². The van der Waals surface area contributed by atoms with Crippen LogP contribution < -0.4 is 0 Å². The number of rotatable bonds is 21. The second kappa shape index (κ2) is 21.9. The summed E-state index contributed by atoms with van der Waals surface area (Å²) in [5.41, 5.74) is 0. The zero-order valence-electron chi connectivity index (χ0n) is 26.5. The summed E-state index contributed by atoms with van der Waals surface area (Å²) in [7, 11) is 0. The first-order valence-corrected chi connectivity index (χ1v) is 15.6. The van der Waals surface area contributed by atoms with Crippen LogP contribution in [0, 0.1) is 0 Å². The number of aliphatic hydroxyl groups is 1. The normalized spacial score (nSPS) is 22.2. The molecule has 1 unspecified atom stereocenters. The van der Waals surface area contributed by atoms with Crippen LogP contribution in [0.5, 0.6) is 0 Å². The Morgan fingerprint density at radius 2 is 1.09 bits per heavy atom. The first-order valence-electron chi connectivity index (χ1n) is 15.6. The van der Waals surface area contributed by atoms with E-state index in [1.54, 1.807) is 0 Å². The Bertz CT molecular complexity index is 860. The molecule has 1 rings (SSSR count). The molecule has 1 N–H and O–H groups in total. The predicted octanol–water partition coefficient (Wildman–Crippen LogP) is 4.11. The maximum atomic E-state index is 12.2. The molecule has 1 fully saturated rings. The van der Waals surface area contributed by atoms with E-state index in [2.05, 4.69) is 6.92 Å². The first-order chi connectivity index (χ1) is 20.4. The SMILES string of the molecule is CCCCCCCCCCCCCC(=O)OCC(O)C[C@H]1O[C@H](COC(C)=O)[C@H](OC(C)=O)[C@H](OC(C)=O)[C@H]1OC(C)=O. The van der Waals surface area contributed by atoms with Gasteiger partial charge in [-0.15, -0.1) is 0 Å². The van der Waals surface area contributed by atoms with Gasteiger partial charge >= 0.3 is 29.8 Å². The molecule has 12 heteroatoms. The van der Waals surface area contributed by atoms with Gasteiger partial charge < -0.3 is 33.5 Å². The van der Waals surface area contributed by atoms with Gasteiger partial charge in [0.15, 0.2) is 18.3 Å². The molecule has 0 radical (unpaired) electrons. The molecule has 1 aliphatic heterocycles. The van der Waals surface area contributed by atoms with Crippen LogP contribution in [0.3, 0.4) is 0 Å². The van der Waals surface area contributed by atoms with E-state index in [4.69, 9.17) is 28.4 Å². The fourth-order valence-corrected chi connectivity index (χ4v) is 5.04. The minimum atomic E-state index is -1.32. The standard InChI is InChI=1S/C31H52O12/c1-6-7-8-9-10-11-12-13-14-15-16-17-28(37)39-19-25(36)18-26-29(40-22(3)33)31(42-24(5)35)30(41-23(4)34)27(43-26)20-38-21(2)32/h25-27,29-31,36H,6-20H2,1-5H3/t25?,26-,27-,29+,30+,31-/m1/s1. The van der Waals surface area contributed by atoms with E-state index in [1.807, 2.05) is 0 Å². The molecule has 0 aromatic carbocycles. The van der Waals surface area contributed by atoms with Crippen LogP contribution in [0.1, 0.15) is 118 Å². The molecule has 1 aliphatic rings. The summed E-state index contributed by atoms with van der Waals surface area (Å²) in [4.78, 5) is 59.4. The van der Waals surface area contributed by atoms with Crippen molar-refractivity contribution in [2.75, 3.05) is 13.2 Å². The zero-order chi connectivity index (χ0) is 32.2. The lowest BCUT2D eigenvalue weighted by Gasteiger charge is -2.44. The van der Waals surface area contributed by atoms with Gasteiger partial charge in [0, 0.05) is 40.5 Å². The number of esters is 5. The molecule has 0 aliphatic carbocycles. The molecule has 0 saturated carbocycles. The number of hydrogen-bond donors (Lipinski definition) is 1. The Morgan fingerprint density at radius 3 is 1.58 bits per heavy atom. The number of unbranched alkanes of at least 4 members (excludes halogenated alkanes) is 10. The quantitative estimate of drug-likeness (QED) is 0.112. The highest BCUT2D eigenvalue weighted by Gasteiger charge is 2.52. The van der Waals surface area contributed by atoms with Gasteiger partial charge in [0.25, 0.3) is 0 Å². The lowest BCUT2D eigenvalue weighted by atomic mass is 9.91. The highest BCUT2D eigenvalue weighted by molar-refractivity contribution is 5.69. The van der Waals surface area contributed by atoms with E-state index in [0.29, 0.717) is 6.42 Å². The molecule has 1 heterocycles. The maximum Gasteiger partial charge on any atom is 0.305 e. The molecule has 6 atom stereocenters. The van der Waals surface area contributed by atoms with Gasteiger partial charge in [0.1, 0.15) is 25.4 Å². The number of hydrogen-bond acceptors (Lipinski definition) is 12. The lowest BCUT2D eigenvalue weighted by molar-refractivity contribution is -0.256. The second-order valence-corrected chi connectivity index (χ2v) is 11.1. The highest BCUT2D eigenvalue weighted by Crippen LogP contribution is 2.31. The monoisotopic (exact) mass is 616 g/mol. The maximum absolute atomic E-state index is 12.2. The van der Waals surface area contributed by atoms with Gasteiger partial charge in [-0.25, -0.2) is 0 Å². The molecule has 1 saturated heterocycles. The van der Waals surface area contributed by atoms with Crippen LogP contribution in [-0.4, -0.2) is 84.8 Å². The molecule has 43 heavy (non-hydrogen) atoms. The molecule has 12 nitrogen and oxygen atoms in total. The molecule has 0 aromatic rings. The fourth-order valence-electron chi connectivity index (χ4n) is 5.04. The van der Waals surface area contributed by atoms with Crippen LogP contribution in [0.15, 0.2) is 0 Å². The van der Waals surface area contributed by atoms with E-state index < -0.39 is 66.5 Å². The van der Waals surface area contributed by atoms with Gasteiger partial charge in [-0.3, -0.25) is 24.0 Å². The molecular formula is C31H52O12. The van der Waals surface area contributed by atoms with Crippen LogP contribution in [-0.2, 0) is 52.4 Å². The van der Waals surface area contributed by atoms with Gasteiger partial charge in [-0.2, -0.15) is 0 Å². The predicted molar refractivity (Wildman–Crippen MR) is 155 cm³/mol. The van der Waals surface area contributed by atoms with Gasteiger partial charge in [0.2, 0.25) is 0 Å². The second-order valence-electron chi connectivity index (χ2n) is 11.1. The van der Waals surface area contributed by atoms with Crippen molar-refractivity contribution in [1.82, 2.24) is 0 Å². The van der Waals surface area contributed by atoms with Crippen LogP contribution in [0.25, 0.3) is 0 Å². The Kier molecular flexibility index (Phi) is 19.5. The van der Waals surface area contributed by atoms with Crippen molar-refractivity contribution < 1.29 is 57.5 Å². The van der Waals surface area contributed by atoms with Crippen molar-refractivity contribution in [2.45, 2.75) is 155 Å². The third-order valence-electron chi connectivity index (χ3n) is 7.01. The summed E-state index contributed by atoms with van der Waals surface area (Å²) in [6, 6.07) is 0. The third-order valence-corrected chi connectivity index (χ3v) is 7.01. The summed E-state index contributed by atoms with van der Waals surface area (Å²) < 4.78 is 32.4. The summed E-state index contributed by atoms with van der Waals surface area (Å²) in [6.45, 7) is 6.11. The van der Waals surface area contributed by atoms with Crippen LogP contribution >= 0.6 is 0 Å². The lowest BCUT2D eigenvalue weighted by Crippen LogP contribution is -2.62. The average molecular weight is 617 g/mol. The van der Waals surface area contributed by atoms with Crippen molar-refractivity contribution in [2.24, 2.45) is 0 Å². The number of carbonyl (C=O) groups excluding carboxylic acids is 5. The molecule has 248 valence electrons. The Morgan fingerprint density at radius 1 is 0.628 bits per heavy atom. The fraction of sp³-hybridized carbons (Fsp3) is 0.839. The van der Waals surface area contributed by atoms with Gasteiger partial charge in [-0.05, 0) is 6.42 Å². The summed E-state index contributed by atoms with van der Waals surface area (Å²) in [6.07, 6.45) is 5.54. The van der Waals surface area contributed by atoms with E-state index >= 15 is 0 Å². The number of aliphatic hydroxyl groups excluding tert-OH is 1. The van der Waals surface area contributed by atoms with Crippen molar-refractivity contribution in [1.29, 1.82) is 0 Å². The van der Waals surface area contributed by atoms with E-state index in [-0.39, 0.29) is 26.1 Å². The first kappa shape index (κ1) is 38.3. The van der Waals surface area contributed by atoms with Crippen molar-refractivity contribution >= 4 is 29.8 Å². The van der Waals surface area contributed by atoms with Crippen molar-refractivity contribution in [3.8, 4) is 0 Å². The average Bonchev–Trinajstić information content (AvgIpc) is 2.92. The zero-order valence-corrected chi connectivity index (χ0v) is 26.5. The Labute approximate surface area is 255 Å². The van der Waals surface area contributed by atoms with E-state index in [0.717, 1.165) is 40.0 Å². The third kappa shape index (κ3) is 17.2. The van der Waals surface area contributed by atoms with Crippen LogP contribution in [0.2, 0.25) is 0 Å². The van der Waals surface area contributed by atoms with Crippen molar-refractivity contribution in [3.05, 3.63) is 0 Å². The molecule has 0 aromatic heterocycles. The summed E-state index contributed by atoms with van der Waals surface area (Å²) >= 11 is 0. The minimum absolute atomic E-state index is 0.190. The topological polar surface area (TPSA) is 161 Å². The molecule has 0 spiro atoms. The van der Waals surface area contributed by atoms with E-state index in [9.17, 15) is 29.1 Å². The van der Waals surface area contributed by atoms with Crippen LogP contribution in [0.4, 0.5) is 0 Å². The Balaban J connectivity index is 2.67.